The van der Waals surface area contributed by atoms with Crippen molar-refractivity contribution in [2.24, 2.45) is 7.05 Å². The number of fused-ring (bicyclic) bond motifs is 1. The van der Waals surface area contributed by atoms with E-state index in [1.807, 2.05) is 20.2 Å². The summed E-state index contributed by atoms with van der Waals surface area (Å²) in [6.07, 6.45) is 4.23. The number of aromatic nitrogens is 4. The van der Waals surface area contributed by atoms with Crippen LogP contribution in [0.25, 0.3) is 11.0 Å². The molecule has 2 aromatic heterocycles. The lowest BCUT2D eigenvalue weighted by molar-refractivity contribution is 0.0885. The van der Waals surface area contributed by atoms with Gasteiger partial charge in [-0.2, -0.15) is 5.10 Å². The van der Waals surface area contributed by atoms with E-state index in [2.05, 4.69) is 31.8 Å². The number of β-amino-alcohol motifs (C(OH)–C–C–N with tert-alkyl or cyclic N) is 1. The van der Waals surface area contributed by atoms with Crippen LogP contribution in [0, 0.1) is 0 Å². The Bertz CT molecular complexity index is 640. The molecule has 0 amide bonds. The Morgan fingerprint density at radius 2 is 2.18 bits per heavy atom. The van der Waals surface area contributed by atoms with Gasteiger partial charge < -0.3 is 10.0 Å². The Kier molecular flexibility index (Phi) is 4.26. The fraction of sp³-hybridized carbons (Fsp3) is 0.667. The molecule has 7 heteroatoms. The van der Waals surface area contributed by atoms with E-state index in [1.54, 1.807) is 11.0 Å². The van der Waals surface area contributed by atoms with Crippen LogP contribution in [-0.4, -0.2) is 68.1 Å². The molecule has 1 aliphatic heterocycles. The van der Waals surface area contributed by atoms with E-state index in [9.17, 15) is 5.11 Å². The second-order valence-electron chi connectivity index (χ2n) is 6.05. The van der Waals surface area contributed by atoms with Crippen molar-refractivity contribution < 1.29 is 5.11 Å². The van der Waals surface area contributed by atoms with E-state index >= 15 is 0 Å². The monoisotopic (exact) mass is 304 g/mol. The smallest absolute Gasteiger partial charge is 0.163 e. The molecule has 0 spiro atoms. The molecule has 0 unspecified atom stereocenters. The molecule has 0 bridgehead atoms. The van der Waals surface area contributed by atoms with Gasteiger partial charge in [-0.1, -0.05) is 6.92 Å². The minimum absolute atomic E-state index is 0.287. The summed E-state index contributed by atoms with van der Waals surface area (Å²) in [6.45, 7) is 7.55. The molecular weight excluding hydrogens is 280 g/mol. The van der Waals surface area contributed by atoms with Crippen LogP contribution in [0.3, 0.4) is 0 Å². The molecule has 0 radical (unpaired) electrons. The number of anilines is 1. The molecule has 2 aromatic rings. The first-order valence-corrected chi connectivity index (χ1v) is 7.90. The predicted molar refractivity (Wildman–Crippen MR) is 85.8 cm³/mol. The quantitative estimate of drug-likeness (QED) is 0.894. The van der Waals surface area contributed by atoms with Gasteiger partial charge in [0.15, 0.2) is 5.65 Å². The average Bonchev–Trinajstić information content (AvgIpc) is 2.89. The summed E-state index contributed by atoms with van der Waals surface area (Å²) in [4.78, 5) is 13.5. The summed E-state index contributed by atoms with van der Waals surface area (Å²) in [6, 6.07) is 0.435. The molecule has 3 heterocycles. The Labute approximate surface area is 130 Å². The predicted octanol–water partition coefficient (Wildman–Crippen LogP) is 0.645. The zero-order valence-electron chi connectivity index (χ0n) is 13.5. The van der Waals surface area contributed by atoms with Gasteiger partial charge in [0.2, 0.25) is 0 Å². The standard InChI is InChI=1S/C15H24N6O/c1-4-12-9-21(6-5-20(12)8-11(2)22)15-13-7-18-19(3)14(13)16-10-17-15/h7,10-12,22H,4-6,8-9H2,1-3H3/t11-,12+/m1/s1. The highest BCUT2D eigenvalue weighted by atomic mass is 16.3. The van der Waals surface area contributed by atoms with Crippen LogP contribution >= 0.6 is 0 Å². The van der Waals surface area contributed by atoms with Gasteiger partial charge in [0, 0.05) is 39.3 Å². The van der Waals surface area contributed by atoms with E-state index in [-0.39, 0.29) is 6.10 Å². The van der Waals surface area contributed by atoms with E-state index in [0.717, 1.165) is 49.5 Å². The molecule has 1 aliphatic rings. The SMILES string of the molecule is CC[C@H]1CN(c2ncnc3c2cnn3C)CCN1C[C@@H](C)O. The van der Waals surface area contributed by atoms with Gasteiger partial charge in [-0.25, -0.2) is 9.97 Å². The third-order valence-electron chi connectivity index (χ3n) is 4.38. The van der Waals surface area contributed by atoms with Crippen molar-refractivity contribution in [3.63, 3.8) is 0 Å². The minimum atomic E-state index is -0.287. The maximum Gasteiger partial charge on any atom is 0.163 e. The number of piperazine rings is 1. The summed E-state index contributed by atoms with van der Waals surface area (Å²) >= 11 is 0. The molecule has 0 saturated carbocycles. The normalized spacial score (nSPS) is 21.5. The van der Waals surface area contributed by atoms with Crippen LogP contribution in [0.1, 0.15) is 20.3 Å². The maximum atomic E-state index is 9.66. The largest absolute Gasteiger partial charge is 0.392 e. The Morgan fingerprint density at radius 1 is 1.36 bits per heavy atom. The first-order valence-electron chi connectivity index (χ1n) is 7.90. The molecule has 120 valence electrons. The topological polar surface area (TPSA) is 70.3 Å². The first-order chi connectivity index (χ1) is 10.6. The minimum Gasteiger partial charge on any atom is -0.392 e. The lowest BCUT2D eigenvalue weighted by Crippen LogP contribution is -2.54. The van der Waals surface area contributed by atoms with Gasteiger partial charge in [-0.3, -0.25) is 9.58 Å². The van der Waals surface area contributed by atoms with E-state index in [0.29, 0.717) is 6.04 Å². The van der Waals surface area contributed by atoms with Crippen LogP contribution in [0.5, 0.6) is 0 Å². The van der Waals surface area contributed by atoms with E-state index in [1.165, 1.54) is 0 Å². The second kappa shape index (κ2) is 6.18. The molecule has 1 saturated heterocycles. The highest BCUT2D eigenvalue weighted by Gasteiger charge is 2.28. The lowest BCUT2D eigenvalue weighted by atomic mass is 10.1. The van der Waals surface area contributed by atoms with E-state index in [4.69, 9.17) is 0 Å². The van der Waals surface area contributed by atoms with Crippen LogP contribution in [0.15, 0.2) is 12.5 Å². The zero-order chi connectivity index (χ0) is 15.7. The molecule has 22 heavy (non-hydrogen) atoms. The summed E-state index contributed by atoms with van der Waals surface area (Å²) in [5, 5.41) is 15.0. The van der Waals surface area contributed by atoms with Crippen molar-refractivity contribution >= 4 is 16.9 Å². The average molecular weight is 304 g/mol. The number of aryl methyl sites for hydroxylation is 1. The van der Waals surface area contributed by atoms with Crippen molar-refractivity contribution in [2.75, 3.05) is 31.1 Å². The highest BCUT2D eigenvalue weighted by Crippen LogP contribution is 2.25. The fourth-order valence-electron chi connectivity index (χ4n) is 3.25. The molecule has 2 atom stereocenters. The first kappa shape index (κ1) is 15.2. The molecular formula is C15H24N6O. The van der Waals surface area contributed by atoms with Gasteiger partial charge in [0.1, 0.15) is 12.1 Å². The molecule has 0 aliphatic carbocycles. The van der Waals surface area contributed by atoms with Crippen molar-refractivity contribution in [3.05, 3.63) is 12.5 Å². The number of aliphatic hydroxyl groups excluding tert-OH is 1. The summed E-state index contributed by atoms with van der Waals surface area (Å²) in [5.74, 6) is 0.966. The number of rotatable bonds is 4. The lowest BCUT2D eigenvalue weighted by Gasteiger charge is -2.42. The van der Waals surface area contributed by atoms with Crippen LogP contribution < -0.4 is 4.90 Å². The van der Waals surface area contributed by atoms with Crippen molar-refractivity contribution in [1.82, 2.24) is 24.6 Å². The third kappa shape index (κ3) is 2.78. The zero-order valence-corrected chi connectivity index (χ0v) is 13.5. The van der Waals surface area contributed by atoms with E-state index < -0.39 is 0 Å². The number of hydrogen-bond acceptors (Lipinski definition) is 6. The molecule has 7 nitrogen and oxygen atoms in total. The summed E-state index contributed by atoms with van der Waals surface area (Å²) < 4.78 is 1.78. The molecule has 1 fully saturated rings. The van der Waals surface area contributed by atoms with Crippen LogP contribution in [0.2, 0.25) is 0 Å². The summed E-state index contributed by atoms with van der Waals surface area (Å²) in [5.41, 5.74) is 0.865. The number of hydrogen-bond donors (Lipinski definition) is 1. The number of nitrogens with zero attached hydrogens (tertiary/aromatic N) is 6. The van der Waals surface area contributed by atoms with Gasteiger partial charge in [0.05, 0.1) is 17.7 Å². The van der Waals surface area contributed by atoms with Crippen LogP contribution in [-0.2, 0) is 7.05 Å². The molecule has 0 aromatic carbocycles. The molecule has 1 N–H and O–H groups in total. The summed E-state index contributed by atoms with van der Waals surface area (Å²) in [7, 11) is 1.90. The number of aliphatic hydroxyl groups is 1. The Morgan fingerprint density at radius 3 is 2.91 bits per heavy atom. The van der Waals surface area contributed by atoms with Gasteiger partial charge >= 0.3 is 0 Å². The maximum absolute atomic E-state index is 9.66. The van der Waals surface area contributed by atoms with Crippen molar-refractivity contribution in [3.8, 4) is 0 Å². The Balaban J connectivity index is 1.84. The Hall–Kier alpha value is -1.73. The highest BCUT2D eigenvalue weighted by molar-refractivity contribution is 5.86. The fourth-order valence-corrected chi connectivity index (χ4v) is 3.25. The van der Waals surface area contributed by atoms with Crippen molar-refractivity contribution in [2.45, 2.75) is 32.4 Å². The van der Waals surface area contributed by atoms with Gasteiger partial charge in [-0.05, 0) is 13.3 Å². The van der Waals surface area contributed by atoms with Crippen molar-refractivity contribution in [1.29, 1.82) is 0 Å². The third-order valence-corrected chi connectivity index (χ3v) is 4.38. The second-order valence-corrected chi connectivity index (χ2v) is 6.05. The van der Waals surface area contributed by atoms with Crippen LogP contribution in [0.4, 0.5) is 5.82 Å². The molecule has 3 rings (SSSR count). The van der Waals surface area contributed by atoms with Gasteiger partial charge in [0.25, 0.3) is 0 Å². The van der Waals surface area contributed by atoms with Gasteiger partial charge in [-0.15, -0.1) is 0 Å².